The summed E-state index contributed by atoms with van der Waals surface area (Å²) in [6, 6.07) is 2.05. The molecule has 2 heterocycles. The molecule has 2 aliphatic rings. The summed E-state index contributed by atoms with van der Waals surface area (Å²) in [6.07, 6.45) is 7.94. The number of amides is 1. The van der Waals surface area contributed by atoms with Gasteiger partial charge in [0.2, 0.25) is 0 Å². The number of nitrogens with zero attached hydrogens (tertiary/aromatic N) is 2. The number of rotatable bonds is 1. The molecular weight excluding hydrogens is 248 g/mol. The third-order valence-corrected chi connectivity index (χ3v) is 5.65. The highest BCUT2D eigenvalue weighted by molar-refractivity contribution is 5.96. The molecule has 3 heteroatoms. The van der Waals surface area contributed by atoms with Crippen LogP contribution >= 0.6 is 0 Å². The van der Waals surface area contributed by atoms with E-state index in [-0.39, 0.29) is 5.91 Å². The molecule has 0 radical (unpaired) electrons. The van der Waals surface area contributed by atoms with Crippen LogP contribution in [0.25, 0.3) is 0 Å². The second-order valence-electron chi connectivity index (χ2n) is 6.88. The van der Waals surface area contributed by atoms with Gasteiger partial charge in [-0.2, -0.15) is 0 Å². The number of carbonyl (C=O) groups excluding carboxylic acids is 1. The number of hydrogen-bond donors (Lipinski definition) is 0. The minimum absolute atomic E-state index is 0.244. The van der Waals surface area contributed by atoms with Crippen molar-refractivity contribution < 1.29 is 4.79 Å². The molecule has 1 saturated heterocycles. The lowest BCUT2D eigenvalue weighted by molar-refractivity contribution is 0.0758. The summed E-state index contributed by atoms with van der Waals surface area (Å²) < 4.78 is 2.11. The molecule has 0 N–H and O–H groups in total. The average Bonchev–Trinajstić information content (AvgIpc) is 2.96. The predicted molar refractivity (Wildman–Crippen MR) is 80.9 cm³/mol. The summed E-state index contributed by atoms with van der Waals surface area (Å²) in [4.78, 5) is 14.9. The van der Waals surface area contributed by atoms with Gasteiger partial charge in [-0.1, -0.05) is 19.3 Å². The van der Waals surface area contributed by atoms with Crippen LogP contribution in [0.5, 0.6) is 0 Å². The van der Waals surface area contributed by atoms with Gasteiger partial charge in [0.25, 0.3) is 5.91 Å². The van der Waals surface area contributed by atoms with Gasteiger partial charge in [0.1, 0.15) is 0 Å². The molecule has 2 fully saturated rings. The fourth-order valence-corrected chi connectivity index (χ4v) is 4.06. The van der Waals surface area contributed by atoms with Crippen LogP contribution in [0.15, 0.2) is 6.07 Å². The first kappa shape index (κ1) is 13.7. The number of aromatic nitrogens is 1. The molecule has 3 rings (SSSR count). The smallest absolute Gasteiger partial charge is 0.255 e. The first-order chi connectivity index (χ1) is 9.52. The Morgan fingerprint density at radius 3 is 2.45 bits per heavy atom. The topological polar surface area (TPSA) is 25.2 Å². The molecule has 1 aromatic heterocycles. The number of hydrogen-bond acceptors (Lipinski definition) is 1. The van der Waals surface area contributed by atoms with Gasteiger partial charge in [-0.25, -0.2) is 0 Å². The fourth-order valence-electron chi connectivity index (χ4n) is 4.06. The highest BCUT2D eigenvalue weighted by atomic mass is 16.2. The summed E-state index contributed by atoms with van der Waals surface area (Å²) in [6.45, 7) is 6.05. The van der Waals surface area contributed by atoms with Gasteiger partial charge in [-0.3, -0.25) is 4.79 Å². The van der Waals surface area contributed by atoms with E-state index < -0.39 is 0 Å². The van der Waals surface area contributed by atoms with Gasteiger partial charge < -0.3 is 9.47 Å². The Morgan fingerprint density at radius 2 is 1.85 bits per heavy atom. The Balaban J connectivity index is 1.77. The van der Waals surface area contributed by atoms with Crippen molar-refractivity contribution in [2.45, 2.75) is 52.4 Å². The van der Waals surface area contributed by atoms with Gasteiger partial charge >= 0.3 is 0 Å². The van der Waals surface area contributed by atoms with E-state index in [1.54, 1.807) is 0 Å². The lowest BCUT2D eigenvalue weighted by Crippen LogP contribution is -2.33. The zero-order valence-corrected chi connectivity index (χ0v) is 13.0. The molecular formula is C17H26N2O. The predicted octanol–water partition coefficient (Wildman–Crippen LogP) is 3.44. The standard InChI is InChI=1S/C17H26N2O/c1-13-11-15(14(2)18(13)3)16(20)19-10-9-17(12-19)7-5-4-6-8-17/h11H,4-10,12H2,1-3H3. The lowest BCUT2D eigenvalue weighted by Gasteiger charge is -2.33. The summed E-state index contributed by atoms with van der Waals surface area (Å²) in [7, 11) is 2.04. The van der Waals surface area contributed by atoms with Crippen LogP contribution < -0.4 is 0 Å². The quantitative estimate of drug-likeness (QED) is 0.770. The highest BCUT2D eigenvalue weighted by Gasteiger charge is 2.40. The van der Waals surface area contributed by atoms with Crippen molar-refractivity contribution in [2.75, 3.05) is 13.1 Å². The molecule has 1 saturated carbocycles. The van der Waals surface area contributed by atoms with E-state index in [4.69, 9.17) is 0 Å². The summed E-state index contributed by atoms with van der Waals surface area (Å²) in [5, 5.41) is 0. The summed E-state index contributed by atoms with van der Waals surface area (Å²) in [5.41, 5.74) is 3.61. The second kappa shape index (κ2) is 4.94. The first-order valence-corrected chi connectivity index (χ1v) is 7.95. The normalized spacial score (nSPS) is 21.6. The maximum atomic E-state index is 12.8. The van der Waals surface area contributed by atoms with E-state index in [1.165, 1.54) is 38.5 Å². The molecule has 1 aliphatic carbocycles. The van der Waals surface area contributed by atoms with E-state index in [0.29, 0.717) is 5.41 Å². The van der Waals surface area contributed by atoms with Crippen molar-refractivity contribution in [2.24, 2.45) is 12.5 Å². The molecule has 0 atom stereocenters. The van der Waals surface area contributed by atoms with Crippen LogP contribution in [-0.2, 0) is 7.05 Å². The number of carbonyl (C=O) groups is 1. The fraction of sp³-hybridized carbons (Fsp3) is 0.706. The molecule has 0 bridgehead atoms. The SMILES string of the molecule is Cc1cc(C(=O)N2CCC3(CCCCC3)C2)c(C)n1C. The molecule has 1 aromatic rings. The maximum Gasteiger partial charge on any atom is 0.255 e. The van der Waals surface area contributed by atoms with Crippen molar-refractivity contribution in [3.63, 3.8) is 0 Å². The second-order valence-corrected chi connectivity index (χ2v) is 6.88. The molecule has 110 valence electrons. The molecule has 1 aliphatic heterocycles. The van der Waals surface area contributed by atoms with Crippen LogP contribution in [0, 0.1) is 19.3 Å². The molecule has 1 spiro atoms. The van der Waals surface area contributed by atoms with Crippen LogP contribution in [0.4, 0.5) is 0 Å². The zero-order valence-electron chi connectivity index (χ0n) is 13.0. The number of aryl methyl sites for hydroxylation is 1. The monoisotopic (exact) mass is 274 g/mol. The van der Waals surface area contributed by atoms with Crippen LogP contribution in [0.2, 0.25) is 0 Å². The molecule has 0 aromatic carbocycles. The molecule has 20 heavy (non-hydrogen) atoms. The zero-order chi connectivity index (χ0) is 14.3. The largest absolute Gasteiger partial charge is 0.351 e. The van der Waals surface area contributed by atoms with E-state index >= 15 is 0 Å². The minimum Gasteiger partial charge on any atom is -0.351 e. The van der Waals surface area contributed by atoms with Crippen molar-refractivity contribution in [1.82, 2.24) is 9.47 Å². The van der Waals surface area contributed by atoms with Gasteiger partial charge in [-0.05, 0) is 44.6 Å². The van der Waals surface area contributed by atoms with Gasteiger partial charge in [0.15, 0.2) is 0 Å². The first-order valence-electron chi connectivity index (χ1n) is 7.95. The number of likely N-dealkylation sites (tertiary alicyclic amines) is 1. The molecule has 1 amide bonds. The Hall–Kier alpha value is -1.25. The van der Waals surface area contributed by atoms with E-state index in [0.717, 1.165) is 30.0 Å². The van der Waals surface area contributed by atoms with Crippen molar-refractivity contribution in [3.05, 3.63) is 23.0 Å². The van der Waals surface area contributed by atoms with Gasteiger partial charge in [0.05, 0.1) is 5.56 Å². The average molecular weight is 274 g/mol. The Bertz CT molecular complexity index is 523. The minimum atomic E-state index is 0.244. The van der Waals surface area contributed by atoms with E-state index in [1.807, 2.05) is 20.0 Å². The Kier molecular flexibility index (Phi) is 3.39. The Labute approximate surface area is 122 Å². The van der Waals surface area contributed by atoms with Crippen molar-refractivity contribution in [3.8, 4) is 0 Å². The highest BCUT2D eigenvalue weighted by Crippen LogP contribution is 2.44. The van der Waals surface area contributed by atoms with Gasteiger partial charge in [-0.15, -0.1) is 0 Å². The van der Waals surface area contributed by atoms with Crippen LogP contribution in [0.3, 0.4) is 0 Å². The third kappa shape index (κ3) is 2.17. The van der Waals surface area contributed by atoms with Gasteiger partial charge in [0, 0.05) is 31.5 Å². The van der Waals surface area contributed by atoms with E-state index in [9.17, 15) is 4.79 Å². The molecule has 0 unspecified atom stereocenters. The third-order valence-electron chi connectivity index (χ3n) is 5.65. The van der Waals surface area contributed by atoms with Crippen LogP contribution in [0.1, 0.15) is 60.3 Å². The van der Waals surface area contributed by atoms with Crippen molar-refractivity contribution in [1.29, 1.82) is 0 Å². The molecule has 3 nitrogen and oxygen atoms in total. The van der Waals surface area contributed by atoms with Crippen LogP contribution in [-0.4, -0.2) is 28.5 Å². The summed E-state index contributed by atoms with van der Waals surface area (Å²) >= 11 is 0. The Morgan fingerprint density at radius 1 is 1.15 bits per heavy atom. The summed E-state index contributed by atoms with van der Waals surface area (Å²) in [5.74, 6) is 0.244. The lowest BCUT2D eigenvalue weighted by atomic mass is 9.73. The van der Waals surface area contributed by atoms with E-state index in [2.05, 4.69) is 16.4 Å². The maximum absolute atomic E-state index is 12.8. The van der Waals surface area contributed by atoms with Crippen molar-refractivity contribution >= 4 is 5.91 Å².